The van der Waals surface area contributed by atoms with Gasteiger partial charge in [0.2, 0.25) is 0 Å². The van der Waals surface area contributed by atoms with Gasteiger partial charge in [-0.2, -0.15) is 0 Å². The van der Waals surface area contributed by atoms with E-state index < -0.39 is 0 Å². The Labute approximate surface area is 159 Å². The van der Waals surface area contributed by atoms with Crippen LogP contribution in [-0.4, -0.2) is 57.6 Å². The molecule has 1 aromatic heterocycles. The molecule has 26 heavy (non-hydrogen) atoms. The van der Waals surface area contributed by atoms with Gasteiger partial charge in [-0.05, 0) is 36.8 Å². The van der Waals surface area contributed by atoms with Crippen LogP contribution in [0.5, 0.6) is 0 Å². The summed E-state index contributed by atoms with van der Waals surface area (Å²) in [5.41, 5.74) is 4.04. The Hall–Kier alpha value is -1.92. The SMILES string of the molecule is CCSc1nc(C)cc(C(=O)N2CCN(Cc3ccccc3C)CC2)n1. The van der Waals surface area contributed by atoms with Crippen molar-refractivity contribution >= 4 is 17.7 Å². The fourth-order valence-corrected chi connectivity index (χ4v) is 3.77. The number of piperazine rings is 1. The monoisotopic (exact) mass is 370 g/mol. The molecule has 0 spiro atoms. The van der Waals surface area contributed by atoms with Crippen molar-refractivity contribution in [1.29, 1.82) is 0 Å². The van der Waals surface area contributed by atoms with Crippen LogP contribution in [0.15, 0.2) is 35.5 Å². The van der Waals surface area contributed by atoms with Crippen LogP contribution in [0.2, 0.25) is 0 Å². The van der Waals surface area contributed by atoms with E-state index in [4.69, 9.17) is 0 Å². The number of thioether (sulfide) groups is 1. The molecule has 1 aliphatic heterocycles. The van der Waals surface area contributed by atoms with E-state index in [-0.39, 0.29) is 5.91 Å². The zero-order valence-corrected chi connectivity index (χ0v) is 16.6. The number of hydrogen-bond donors (Lipinski definition) is 0. The second-order valence-electron chi connectivity index (χ2n) is 6.60. The molecule has 0 bridgehead atoms. The third-order valence-electron chi connectivity index (χ3n) is 4.64. The van der Waals surface area contributed by atoms with Crippen LogP contribution >= 0.6 is 11.8 Å². The number of aromatic nitrogens is 2. The molecule has 2 aromatic rings. The molecule has 6 heteroatoms. The van der Waals surface area contributed by atoms with Gasteiger partial charge in [-0.1, -0.05) is 43.0 Å². The summed E-state index contributed by atoms with van der Waals surface area (Å²) in [5, 5.41) is 0.689. The fourth-order valence-electron chi connectivity index (χ4n) is 3.14. The molecule has 0 N–H and O–H groups in total. The average Bonchev–Trinajstić information content (AvgIpc) is 2.63. The quantitative estimate of drug-likeness (QED) is 0.598. The Balaban J connectivity index is 1.61. The normalized spacial score (nSPS) is 15.3. The van der Waals surface area contributed by atoms with Gasteiger partial charge in [0.25, 0.3) is 5.91 Å². The van der Waals surface area contributed by atoms with Crippen LogP contribution in [0.4, 0.5) is 0 Å². The first kappa shape index (κ1) is 18.9. The lowest BCUT2D eigenvalue weighted by molar-refractivity contribution is 0.0621. The number of hydrogen-bond acceptors (Lipinski definition) is 5. The Bertz CT molecular complexity index is 772. The highest BCUT2D eigenvalue weighted by atomic mass is 32.2. The van der Waals surface area contributed by atoms with Crippen molar-refractivity contribution in [3.8, 4) is 0 Å². The zero-order valence-electron chi connectivity index (χ0n) is 15.7. The molecule has 0 unspecified atom stereocenters. The molecule has 1 aliphatic rings. The summed E-state index contributed by atoms with van der Waals surface area (Å²) in [7, 11) is 0. The second-order valence-corrected chi connectivity index (χ2v) is 7.84. The first-order valence-electron chi connectivity index (χ1n) is 9.11. The van der Waals surface area contributed by atoms with Gasteiger partial charge in [-0.15, -0.1) is 0 Å². The zero-order chi connectivity index (χ0) is 18.5. The molecule has 1 saturated heterocycles. The smallest absolute Gasteiger partial charge is 0.272 e. The highest BCUT2D eigenvalue weighted by Gasteiger charge is 2.24. The van der Waals surface area contributed by atoms with E-state index in [1.54, 1.807) is 17.8 Å². The van der Waals surface area contributed by atoms with E-state index in [0.29, 0.717) is 10.9 Å². The largest absolute Gasteiger partial charge is 0.335 e. The average molecular weight is 371 g/mol. The van der Waals surface area contributed by atoms with Gasteiger partial charge in [-0.25, -0.2) is 9.97 Å². The van der Waals surface area contributed by atoms with Crippen molar-refractivity contribution < 1.29 is 4.79 Å². The van der Waals surface area contributed by atoms with Crippen LogP contribution in [0, 0.1) is 13.8 Å². The summed E-state index contributed by atoms with van der Waals surface area (Å²) in [5.74, 6) is 0.915. The van der Waals surface area contributed by atoms with E-state index in [1.165, 1.54) is 11.1 Å². The summed E-state index contributed by atoms with van der Waals surface area (Å²) < 4.78 is 0. The molecule has 0 aliphatic carbocycles. The van der Waals surface area contributed by atoms with Gasteiger partial charge in [-0.3, -0.25) is 9.69 Å². The van der Waals surface area contributed by atoms with Crippen molar-refractivity contribution in [2.24, 2.45) is 0 Å². The van der Waals surface area contributed by atoms with Gasteiger partial charge >= 0.3 is 0 Å². The predicted octanol–water partition coefficient (Wildman–Crippen LogP) is 3.16. The number of amides is 1. The first-order chi connectivity index (χ1) is 12.6. The summed E-state index contributed by atoms with van der Waals surface area (Å²) >= 11 is 1.57. The Morgan fingerprint density at radius 3 is 2.54 bits per heavy atom. The standard InChI is InChI=1S/C20H26N4OS/c1-4-26-20-21-16(3)13-18(22-20)19(25)24-11-9-23(10-12-24)14-17-8-6-5-7-15(17)2/h5-8,13H,4,9-12,14H2,1-3H3. The number of carbonyl (C=O) groups is 1. The molecule has 3 rings (SSSR count). The molecule has 0 saturated carbocycles. The minimum absolute atomic E-state index is 0.0176. The maximum atomic E-state index is 12.8. The Kier molecular flexibility index (Phi) is 6.27. The van der Waals surface area contributed by atoms with Crippen molar-refractivity contribution in [3.63, 3.8) is 0 Å². The number of rotatable bonds is 5. The van der Waals surface area contributed by atoms with E-state index in [9.17, 15) is 4.79 Å². The van der Waals surface area contributed by atoms with E-state index in [1.807, 2.05) is 11.8 Å². The summed E-state index contributed by atoms with van der Waals surface area (Å²) in [6, 6.07) is 10.3. The number of nitrogens with zero attached hydrogens (tertiary/aromatic N) is 4. The lowest BCUT2D eigenvalue weighted by atomic mass is 10.1. The van der Waals surface area contributed by atoms with E-state index in [0.717, 1.165) is 44.2 Å². The predicted molar refractivity (Wildman–Crippen MR) is 106 cm³/mol. The van der Waals surface area contributed by atoms with E-state index >= 15 is 0 Å². The van der Waals surface area contributed by atoms with Crippen molar-refractivity contribution in [2.75, 3.05) is 31.9 Å². The van der Waals surface area contributed by atoms with Crippen LogP contribution < -0.4 is 0 Å². The molecule has 1 aromatic carbocycles. The van der Waals surface area contributed by atoms with Gasteiger partial charge in [0, 0.05) is 38.4 Å². The highest BCUT2D eigenvalue weighted by molar-refractivity contribution is 7.99. The molecule has 5 nitrogen and oxygen atoms in total. The minimum atomic E-state index is 0.0176. The summed E-state index contributed by atoms with van der Waals surface area (Å²) in [6.45, 7) is 10.3. The topological polar surface area (TPSA) is 49.3 Å². The van der Waals surface area contributed by atoms with Gasteiger partial charge in [0.1, 0.15) is 5.69 Å². The molecule has 138 valence electrons. The maximum Gasteiger partial charge on any atom is 0.272 e. The maximum absolute atomic E-state index is 12.8. The molecule has 0 radical (unpaired) electrons. The number of benzene rings is 1. The van der Waals surface area contributed by atoms with Gasteiger partial charge in [0.15, 0.2) is 5.16 Å². The van der Waals surface area contributed by atoms with Crippen LogP contribution in [-0.2, 0) is 6.54 Å². The van der Waals surface area contributed by atoms with Crippen molar-refractivity contribution in [2.45, 2.75) is 32.5 Å². The highest BCUT2D eigenvalue weighted by Crippen LogP contribution is 2.16. The molecular formula is C20H26N4OS. The summed E-state index contributed by atoms with van der Waals surface area (Å²) in [4.78, 5) is 26.0. The molecular weight excluding hydrogens is 344 g/mol. The minimum Gasteiger partial charge on any atom is -0.335 e. The van der Waals surface area contributed by atoms with Gasteiger partial charge < -0.3 is 4.90 Å². The third-order valence-corrected chi connectivity index (χ3v) is 5.37. The first-order valence-corrected chi connectivity index (χ1v) is 10.1. The second kappa shape index (κ2) is 8.64. The molecule has 0 atom stereocenters. The van der Waals surface area contributed by atoms with Crippen molar-refractivity contribution in [1.82, 2.24) is 19.8 Å². The Morgan fingerprint density at radius 2 is 1.85 bits per heavy atom. The molecule has 1 amide bonds. The lowest BCUT2D eigenvalue weighted by Crippen LogP contribution is -2.48. The molecule has 1 fully saturated rings. The number of carbonyl (C=O) groups excluding carboxylic acids is 1. The van der Waals surface area contributed by atoms with Crippen LogP contribution in [0.1, 0.15) is 34.2 Å². The fraction of sp³-hybridized carbons (Fsp3) is 0.450. The lowest BCUT2D eigenvalue weighted by Gasteiger charge is -2.34. The summed E-state index contributed by atoms with van der Waals surface area (Å²) in [6.07, 6.45) is 0. The number of aryl methyl sites for hydroxylation is 2. The van der Waals surface area contributed by atoms with Crippen LogP contribution in [0.25, 0.3) is 0 Å². The Morgan fingerprint density at radius 1 is 1.12 bits per heavy atom. The van der Waals surface area contributed by atoms with Crippen molar-refractivity contribution in [3.05, 3.63) is 52.8 Å². The van der Waals surface area contributed by atoms with E-state index in [2.05, 4.69) is 53.0 Å². The molecule has 2 heterocycles. The van der Waals surface area contributed by atoms with Crippen LogP contribution in [0.3, 0.4) is 0 Å². The van der Waals surface area contributed by atoms with Gasteiger partial charge in [0.05, 0.1) is 0 Å². The third kappa shape index (κ3) is 4.62.